The van der Waals surface area contributed by atoms with Crippen LogP contribution >= 0.6 is 0 Å². The van der Waals surface area contributed by atoms with E-state index >= 15 is 0 Å². The zero-order valence-corrected chi connectivity index (χ0v) is 8.77. The highest BCUT2D eigenvalue weighted by atomic mass is 16.5. The quantitative estimate of drug-likeness (QED) is 0.711. The van der Waals surface area contributed by atoms with E-state index in [0.717, 1.165) is 13.1 Å². The van der Waals surface area contributed by atoms with Crippen LogP contribution in [0.4, 0.5) is 0 Å². The van der Waals surface area contributed by atoms with Crippen LogP contribution in [0.15, 0.2) is 12.4 Å². The molecule has 0 saturated carbocycles. The summed E-state index contributed by atoms with van der Waals surface area (Å²) < 4.78 is 7.10. The van der Waals surface area contributed by atoms with Gasteiger partial charge in [0.05, 0.1) is 24.5 Å². The average Bonchev–Trinajstić information content (AvgIpc) is 2.66. The maximum Gasteiger partial charge on any atom is 0.168 e. The molecular formula is C10H15N3O2. The second-order valence-corrected chi connectivity index (χ2v) is 3.73. The van der Waals surface area contributed by atoms with Crippen LogP contribution in [0.3, 0.4) is 0 Å². The number of carbonyl (C=O) groups excluding carboxylic acids is 1. The summed E-state index contributed by atoms with van der Waals surface area (Å²) >= 11 is 0. The normalized spacial score (nSPS) is 21.5. The fraction of sp³-hybridized carbons (Fsp3) is 0.600. The molecule has 1 saturated heterocycles. The van der Waals surface area contributed by atoms with Gasteiger partial charge in [0.15, 0.2) is 5.78 Å². The van der Waals surface area contributed by atoms with Gasteiger partial charge in [0.25, 0.3) is 0 Å². The number of hydrogen-bond donors (Lipinski definition) is 1. The molecule has 2 rings (SSSR count). The lowest BCUT2D eigenvalue weighted by Crippen LogP contribution is -2.39. The van der Waals surface area contributed by atoms with Crippen molar-refractivity contribution in [1.82, 2.24) is 15.1 Å². The zero-order chi connectivity index (χ0) is 10.7. The summed E-state index contributed by atoms with van der Waals surface area (Å²) in [4.78, 5) is 11.8. The third kappa shape index (κ3) is 2.64. The molecule has 1 aromatic rings. The molecule has 0 radical (unpaired) electrons. The molecule has 15 heavy (non-hydrogen) atoms. The Bertz CT molecular complexity index is 342. The predicted octanol–water partition coefficient (Wildman–Crippen LogP) is -0.0187. The summed E-state index contributed by atoms with van der Waals surface area (Å²) in [5.74, 6) is 0.0943. The minimum Gasteiger partial charge on any atom is -0.375 e. The molecule has 2 heterocycles. The van der Waals surface area contributed by atoms with Gasteiger partial charge in [0.2, 0.25) is 0 Å². The van der Waals surface area contributed by atoms with Crippen molar-refractivity contribution in [3.63, 3.8) is 0 Å². The third-order valence-corrected chi connectivity index (χ3v) is 2.44. The first-order valence-corrected chi connectivity index (χ1v) is 5.10. The number of Topliss-reactive ketones (excluding diaryl/α,β-unsaturated/α-hetero) is 1. The molecule has 5 heteroatoms. The number of morpholine rings is 1. The lowest BCUT2D eigenvalue weighted by atomic mass is 10.1. The fourth-order valence-electron chi connectivity index (χ4n) is 1.64. The number of hydrogen-bond acceptors (Lipinski definition) is 4. The molecule has 82 valence electrons. The number of ketones is 1. The molecule has 1 aliphatic rings. The largest absolute Gasteiger partial charge is 0.375 e. The Morgan fingerprint density at radius 2 is 2.67 bits per heavy atom. The SMILES string of the molecule is Cn1cc(C(=O)CC2CNCCO2)cn1. The lowest BCUT2D eigenvalue weighted by molar-refractivity contribution is 0.0240. The highest BCUT2D eigenvalue weighted by Crippen LogP contribution is 2.08. The molecule has 1 N–H and O–H groups in total. The van der Waals surface area contributed by atoms with Crippen LogP contribution < -0.4 is 5.32 Å². The van der Waals surface area contributed by atoms with E-state index in [1.807, 2.05) is 0 Å². The van der Waals surface area contributed by atoms with Crippen LogP contribution in [0.1, 0.15) is 16.8 Å². The Hall–Kier alpha value is -1.20. The second kappa shape index (κ2) is 4.55. The standard InChI is InChI=1S/C10H15N3O2/c1-13-7-8(5-12-13)10(14)4-9-6-11-2-3-15-9/h5,7,9,11H,2-4,6H2,1H3. The van der Waals surface area contributed by atoms with E-state index in [4.69, 9.17) is 4.74 Å². The van der Waals surface area contributed by atoms with E-state index in [0.29, 0.717) is 18.6 Å². The van der Waals surface area contributed by atoms with E-state index in [1.54, 1.807) is 24.1 Å². The molecule has 1 unspecified atom stereocenters. The molecule has 0 bridgehead atoms. The van der Waals surface area contributed by atoms with Crippen molar-refractivity contribution < 1.29 is 9.53 Å². The van der Waals surface area contributed by atoms with E-state index in [9.17, 15) is 4.79 Å². The van der Waals surface area contributed by atoms with Gasteiger partial charge in [-0.2, -0.15) is 5.10 Å². The molecule has 1 aromatic heterocycles. The van der Waals surface area contributed by atoms with Crippen LogP contribution in [-0.2, 0) is 11.8 Å². The van der Waals surface area contributed by atoms with Gasteiger partial charge < -0.3 is 10.1 Å². The van der Waals surface area contributed by atoms with Crippen LogP contribution in [0.5, 0.6) is 0 Å². The number of rotatable bonds is 3. The third-order valence-electron chi connectivity index (χ3n) is 2.44. The fourth-order valence-corrected chi connectivity index (χ4v) is 1.64. The molecule has 0 aromatic carbocycles. The van der Waals surface area contributed by atoms with E-state index in [-0.39, 0.29) is 11.9 Å². The first kappa shape index (κ1) is 10.3. The smallest absolute Gasteiger partial charge is 0.168 e. The molecule has 1 aliphatic heterocycles. The van der Waals surface area contributed by atoms with Crippen LogP contribution in [0, 0.1) is 0 Å². The van der Waals surface area contributed by atoms with Crippen LogP contribution in [0.2, 0.25) is 0 Å². The number of aromatic nitrogens is 2. The Morgan fingerprint density at radius 3 is 3.27 bits per heavy atom. The highest BCUT2D eigenvalue weighted by molar-refractivity contribution is 5.95. The predicted molar refractivity (Wildman–Crippen MR) is 54.8 cm³/mol. The molecule has 1 fully saturated rings. The van der Waals surface area contributed by atoms with Crippen molar-refractivity contribution in [2.24, 2.45) is 7.05 Å². The Kier molecular flexibility index (Phi) is 3.13. The molecule has 1 atom stereocenters. The van der Waals surface area contributed by atoms with E-state index in [1.165, 1.54) is 0 Å². The maximum atomic E-state index is 11.8. The Morgan fingerprint density at radius 1 is 1.80 bits per heavy atom. The molecule has 0 spiro atoms. The van der Waals surface area contributed by atoms with Crippen molar-refractivity contribution in [2.75, 3.05) is 19.7 Å². The minimum atomic E-state index is 0.00598. The number of aryl methyl sites for hydroxylation is 1. The van der Waals surface area contributed by atoms with Crippen molar-refractivity contribution >= 4 is 5.78 Å². The summed E-state index contributed by atoms with van der Waals surface area (Å²) in [7, 11) is 1.80. The van der Waals surface area contributed by atoms with E-state index < -0.39 is 0 Å². The lowest BCUT2D eigenvalue weighted by Gasteiger charge is -2.22. The minimum absolute atomic E-state index is 0.00598. The number of ether oxygens (including phenoxy) is 1. The summed E-state index contributed by atoms with van der Waals surface area (Å²) in [6, 6.07) is 0. The van der Waals surface area contributed by atoms with Crippen LogP contribution in [-0.4, -0.2) is 41.4 Å². The zero-order valence-electron chi connectivity index (χ0n) is 8.77. The molecule has 0 amide bonds. The van der Waals surface area contributed by atoms with Gasteiger partial charge >= 0.3 is 0 Å². The molecule has 5 nitrogen and oxygen atoms in total. The van der Waals surface area contributed by atoms with Crippen molar-refractivity contribution in [1.29, 1.82) is 0 Å². The van der Waals surface area contributed by atoms with Gasteiger partial charge in [-0.15, -0.1) is 0 Å². The first-order chi connectivity index (χ1) is 7.25. The summed E-state index contributed by atoms with van der Waals surface area (Å²) in [5, 5.41) is 7.17. The number of nitrogens with zero attached hydrogens (tertiary/aromatic N) is 2. The van der Waals surface area contributed by atoms with Gasteiger partial charge in [-0.25, -0.2) is 0 Å². The number of carbonyl (C=O) groups is 1. The second-order valence-electron chi connectivity index (χ2n) is 3.73. The van der Waals surface area contributed by atoms with Gasteiger partial charge in [-0.05, 0) is 0 Å². The highest BCUT2D eigenvalue weighted by Gasteiger charge is 2.18. The monoisotopic (exact) mass is 209 g/mol. The maximum absolute atomic E-state index is 11.8. The number of nitrogens with one attached hydrogen (secondary N) is 1. The Balaban J connectivity index is 1.91. The summed E-state index contributed by atoms with van der Waals surface area (Å²) in [6.07, 6.45) is 3.77. The van der Waals surface area contributed by atoms with E-state index in [2.05, 4.69) is 10.4 Å². The van der Waals surface area contributed by atoms with Crippen molar-refractivity contribution in [2.45, 2.75) is 12.5 Å². The topological polar surface area (TPSA) is 56.2 Å². The van der Waals surface area contributed by atoms with Crippen molar-refractivity contribution in [3.8, 4) is 0 Å². The first-order valence-electron chi connectivity index (χ1n) is 5.10. The average molecular weight is 209 g/mol. The van der Waals surface area contributed by atoms with Gasteiger partial charge in [0, 0.05) is 32.8 Å². The van der Waals surface area contributed by atoms with Gasteiger partial charge in [0.1, 0.15) is 0 Å². The summed E-state index contributed by atoms with van der Waals surface area (Å²) in [5.41, 5.74) is 0.659. The van der Waals surface area contributed by atoms with Crippen molar-refractivity contribution in [3.05, 3.63) is 18.0 Å². The Labute approximate surface area is 88.4 Å². The summed E-state index contributed by atoms with van der Waals surface area (Å²) in [6.45, 7) is 2.31. The van der Waals surface area contributed by atoms with Gasteiger partial charge in [-0.1, -0.05) is 0 Å². The van der Waals surface area contributed by atoms with Crippen LogP contribution in [0.25, 0.3) is 0 Å². The molecule has 0 aliphatic carbocycles. The van der Waals surface area contributed by atoms with Gasteiger partial charge in [-0.3, -0.25) is 9.48 Å². The molecular weight excluding hydrogens is 194 g/mol.